The highest BCUT2D eigenvalue weighted by Gasteiger charge is 2.07. The summed E-state index contributed by atoms with van der Waals surface area (Å²) >= 11 is 0. The third kappa shape index (κ3) is 6.21. The van der Waals surface area contributed by atoms with Crippen molar-refractivity contribution in [3.8, 4) is 5.75 Å². The van der Waals surface area contributed by atoms with Crippen molar-refractivity contribution in [1.82, 2.24) is 10.6 Å². The van der Waals surface area contributed by atoms with Gasteiger partial charge in [0.15, 0.2) is 5.76 Å². The molecule has 0 aliphatic rings. The number of benzene rings is 1. The van der Waals surface area contributed by atoms with Crippen molar-refractivity contribution in [3.05, 3.63) is 48.4 Å². The number of urea groups is 1. The van der Waals surface area contributed by atoms with E-state index in [9.17, 15) is 9.59 Å². The van der Waals surface area contributed by atoms with Gasteiger partial charge >= 0.3 is 6.03 Å². The molecule has 134 valence electrons. The summed E-state index contributed by atoms with van der Waals surface area (Å²) in [6, 6.07) is 10.0. The van der Waals surface area contributed by atoms with Crippen LogP contribution in [0.4, 0.5) is 10.5 Å². The smallest absolute Gasteiger partial charge is 0.319 e. The Kier molecular flexibility index (Phi) is 6.88. The molecule has 0 saturated heterocycles. The minimum absolute atomic E-state index is 0.151. The lowest BCUT2D eigenvalue weighted by Gasteiger charge is -2.13. The van der Waals surface area contributed by atoms with Crippen LogP contribution in [0.1, 0.15) is 30.8 Å². The van der Waals surface area contributed by atoms with Crippen molar-refractivity contribution >= 4 is 17.6 Å². The van der Waals surface area contributed by atoms with Gasteiger partial charge in [0, 0.05) is 18.8 Å². The Hall–Kier alpha value is -2.96. The number of ether oxygens (including phenoxy) is 1. The van der Waals surface area contributed by atoms with Crippen molar-refractivity contribution in [1.29, 1.82) is 0 Å². The minimum Gasteiger partial charge on any atom is -0.491 e. The number of carbonyl (C=O) groups is 2. The number of hydrogen-bond donors (Lipinski definition) is 3. The molecule has 1 heterocycles. The summed E-state index contributed by atoms with van der Waals surface area (Å²) in [4.78, 5) is 23.4. The summed E-state index contributed by atoms with van der Waals surface area (Å²) in [7, 11) is 0. The molecule has 0 fully saturated rings. The van der Waals surface area contributed by atoms with Crippen LogP contribution < -0.4 is 20.7 Å². The molecule has 0 aliphatic heterocycles. The quantitative estimate of drug-likeness (QED) is 0.641. The lowest BCUT2D eigenvalue weighted by atomic mass is 10.3. The molecular weight excluding hydrogens is 322 g/mol. The molecule has 7 nitrogen and oxygen atoms in total. The molecule has 7 heteroatoms. The second-order valence-electron chi connectivity index (χ2n) is 5.48. The molecule has 0 unspecified atom stereocenters. The van der Waals surface area contributed by atoms with E-state index in [4.69, 9.17) is 9.15 Å². The first-order chi connectivity index (χ1) is 12.1. The molecule has 3 N–H and O–H groups in total. The third-order valence-corrected chi connectivity index (χ3v) is 3.47. The van der Waals surface area contributed by atoms with Gasteiger partial charge in [0.05, 0.1) is 12.4 Å². The fraction of sp³-hybridized carbons (Fsp3) is 0.333. The highest BCUT2D eigenvalue weighted by Crippen LogP contribution is 2.17. The second-order valence-corrected chi connectivity index (χ2v) is 5.48. The predicted octanol–water partition coefficient (Wildman–Crippen LogP) is 3.01. The second kappa shape index (κ2) is 9.36. The molecular formula is C18H23N3O4. The monoisotopic (exact) mass is 345 g/mol. The Labute approximate surface area is 146 Å². The minimum atomic E-state index is -0.345. The van der Waals surface area contributed by atoms with E-state index in [1.807, 2.05) is 19.1 Å². The molecule has 0 aliphatic carbocycles. The number of rotatable bonds is 8. The fourth-order valence-electron chi connectivity index (χ4n) is 1.95. The number of anilines is 1. The largest absolute Gasteiger partial charge is 0.491 e. The Balaban J connectivity index is 1.67. The Morgan fingerprint density at radius 2 is 1.84 bits per heavy atom. The summed E-state index contributed by atoms with van der Waals surface area (Å²) in [5, 5.41) is 8.02. The average molecular weight is 345 g/mol. The van der Waals surface area contributed by atoms with Crippen molar-refractivity contribution in [3.63, 3.8) is 0 Å². The van der Waals surface area contributed by atoms with E-state index in [1.54, 1.807) is 24.3 Å². The topological polar surface area (TPSA) is 92.6 Å². The van der Waals surface area contributed by atoms with Gasteiger partial charge in [-0.1, -0.05) is 6.92 Å². The number of amides is 3. The normalized spacial score (nSPS) is 11.4. The van der Waals surface area contributed by atoms with Crippen LogP contribution in [0.5, 0.6) is 5.75 Å². The summed E-state index contributed by atoms with van der Waals surface area (Å²) in [6.07, 6.45) is 2.51. The molecule has 3 amide bonds. The van der Waals surface area contributed by atoms with E-state index < -0.39 is 0 Å². The van der Waals surface area contributed by atoms with Crippen LogP contribution in [-0.4, -0.2) is 31.1 Å². The van der Waals surface area contributed by atoms with Crippen molar-refractivity contribution < 1.29 is 18.7 Å². The first-order valence-corrected chi connectivity index (χ1v) is 8.21. The molecule has 1 aromatic heterocycles. The first kappa shape index (κ1) is 18.4. The van der Waals surface area contributed by atoms with E-state index >= 15 is 0 Å². The van der Waals surface area contributed by atoms with Gasteiger partial charge in [-0.2, -0.15) is 0 Å². The fourth-order valence-corrected chi connectivity index (χ4v) is 1.95. The Morgan fingerprint density at radius 3 is 2.48 bits per heavy atom. The molecule has 0 spiro atoms. The molecule has 0 radical (unpaired) electrons. The van der Waals surface area contributed by atoms with Crippen LogP contribution in [0, 0.1) is 0 Å². The summed E-state index contributed by atoms with van der Waals surface area (Å²) in [5.41, 5.74) is 0.661. The van der Waals surface area contributed by atoms with Gasteiger partial charge < -0.3 is 25.1 Å². The van der Waals surface area contributed by atoms with Crippen molar-refractivity contribution in [2.75, 3.05) is 18.4 Å². The van der Waals surface area contributed by atoms with Crippen LogP contribution in [0.2, 0.25) is 0 Å². The van der Waals surface area contributed by atoms with Gasteiger partial charge in [-0.15, -0.1) is 0 Å². The molecule has 0 bridgehead atoms. The van der Waals surface area contributed by atoms with E-state index in [2.05, 4.69) is 22.9 Å². The van der Waals surface area contributed by atoms with E-state index in [1.165, 1.54) is 6.26 Å². The predicted molar refractivity (Wildman–Crippen MR) is 94.9 cm³/mol. The zero-order chi connectivity index (χ0) is 18.1. The van der Waals surface area contributed by atoms with Gasteiger partial charge in [-0.3, -0.25) is 4.79 Å². The lowest BCUT2D eigenvalue weighted by Crippen LogP contribution is -2.36. The zero-order valence-electron chi connectivity index (χ0n) is 14.4. The number of carbonyl (C=O) groups excluding carboxylic acids is 2. The van der Waals surface area contributed by atoms with Crippen molar-refractivity contribution in [2.24, 2.45) is 0 Å². The lowest BCUT2D eigenvalue weighted by molar-refractivity contribution is 0.0926. The van der Waals surface area contributed by atoms with Gasteiger partial charge in [-0.25, -0.2) is 4.79 Å². The first-order valence-electron chi connectivity index (χ1n) is 8.21. The Morgan fingerprint density at radius 1 is 1.12 bits per heavy atom. The molecule has 2 aromatic rings. The maximum absolute atomic E-state index is 11.8. The molecule has 0 saturated carbocycles. The molecule has 1 aromatic carbocycles. The van der Waals surface area contributed by atoms with Crippen LogP contribution >= 0.6 is 0 Å². The Bertz CT molecular complexity index is 668. The van der Waals surface area contributed by atoms with Crippen LogP contribution in [-0.2, 0) is 0 Å². The SMILES string of the molecule is CC[C@H](C)Oc1ccc(NC(=O)NCCNC(=O)c2ccco2)cc1. The molecule has 1 atom stereocenters. The highest BCUT2D eigenvalue weighted by atomic mass is 16.5. The average Bonchev–Trinajstić information content (AvgIpc) is 3.15. The number of nitrogens with one attached hydrogen (secondary N) is 3. The third-order valence-electron chi connectivity index (χ3n) is 3.47. The van der Waals surface area contributed by atoms with Crippen LogP contribution in [0.25, 0.3) is 0 Å². The molecule has 25 heavy (non-hydrogen) atoms. The number of hydrogen-bond acceptors (Lipinski definition) is 4. The van der Waals surface area contributed by atoms with E-state index in [-0.39, 0.29) is 23.8 Å². The number of furan rings is 1. The van der Waals surface area contributed by atoms with Crippen molar-refractivity contribution in [2.45, 2.75) is 26.4 Å². The van der Waals surface area contributed by atoms with Gasteiger partial charge in [-0.05, 0) is 49.7 Å². The maximum Gasteiger partial charge on any atom is 0.319 e. The van der Waals surface area contributed by atoms with Crippen LogP contribution in [0.3, 0.4) is 0 Å². The van der Waals surface area contributed by atoms with Gasteiger partial charge in [0.25, 0.3) is 5.91 Å². The van der Waals surface area contributed by atoms with E-state index in [0.717, 1.165) is 12.2 Å². The molecule has 2 rings (SSSR count). The summed E-state index contributed by atoms with van der Waals surface area (Å²) in [5.74, 6) is 0.689. The van der Waals surface area contributed by atoms with Gasteiger partial charge in [0.2, 0.25) is 0 Å². The zero-order valence-corrected chi connectivity index (χ0v) is 14.4. The summed E-state index contributed by atoms with van der Waals surface area (Å²) in [6.45, 7) is 4.66. The standard InChI is InChI=1S/C18H23N3O4/c1-3-13(2)25-15-8-6-14(7-9-15)21-18(23)20-11-10-19-17(22)16-5-4-12-24-16/h4-9,12-13H,3,10-11H2,1-2H3,(H,19,22)(H2,20,21,23)/t13-/m0/s1. The maximum atomic E-state index is 11.8. The summed E-state index contributed by atoms with van der Waals surface area (Å²) < 4.78 is 10.7. The van der Waals surface area contributed by atoms with Gasteiger partial charge in [0.1, 0.15) is 5.75 Å². The van der Waals surface area contributed by atoms with Crippen LogP contribution in [0.15, 0.2) is 47.1 Å². The highest BCUT2D eigenvalue weighted by molar-refractivity contribution is 5.91. The van der Waals surface area contributed by atoms with E-state index in [0.29, 0.717) is 18.8 Å².